The molecule has 0 radical (unpaired) electrons. The molecule has 0 saturated carbocycles. The highest BCUT2D eigenvalue weighted by atomic mass is 32.1. The van der Waals surface area contributed by atoms with Crippen LogP contribution in [0.3, 0.4) is 0 Å². The van der Waals surface area contributed by atoms with Crippen molar-refractivity contribution >= 4 is 28.5 Å². The van der Waals surface area contributed by atoms with Crippen LogP contribution in [0.2, 0.25) is 0 Å². The van der Waals surface area contributed by atoms with Gasteiger partial charge in [0.2, 0.25) is 0 Å². The molecule has 0 aliphatic carbocycles. The van der Waals surface area contributed by atoms with Gasteiger partial charge in [-0.1, -0.05) is 54.6 Å². The lowest BCUT2D eigenvalue weighted by atomic mass is 10.1. The number of benzene rings is 3. The maximum Gasteiger partial charge on any atom is 0.270 e. The first-order valence-electron chi connectivity index (χ1n) is 10.1. The lowest BCUT2D eigenvalue weighted by Gasteiger charge is -2.07. The average Bonchev–Trinajstić information content (AvgIpc) is 3.36. The normalized spacial score (nSPS) is 10.7. The van der Waals surface area contributed by atoms with E-state index in [2.05, 4.69) is 33.0 Å². The van der Waals surface area contributed by atoms with E-state index in [4.69, 9.17) is 4.98 Å². The quantitative estimate of drug-likeness (QED) is 0.231. The highest BCUT2D eigenvalue weighted by molar-refractivity contribution is 7.13. The van der Waals surface area contributed by atoms with E-state index in [0.29, 0.717) is 17.1 Å². The Morgan fingerprint density at radius 1 is 0.758 bits per heavy atom. The maximum atomic E-state index is 11.0. The van der Waals surface area contributed by atoms with Crippen LogP contribution in [0.15, 0.2) is 96.4 Å². The highest BCUT2D eigenvalue weighted by Gasteiger charge is 2.09. The number of non-ortho nitro benzene ring substituents is 1. The molecule has 0 atom stereocenters. The molecule has 0 fully saturated rings. The SMILES string of the molecule is O=[N+]([O-])c1cccc(-c2ccc(Nc3ccc(-c4csc(-c5ccccc5)n4)cc3)nn2)c1. The minimum Gasteiger partial charge on any atom is -0.339 e. The third-order valence-electron chi connectivity index (χ3n) is 5.00. The van der Waals surface area contributed by atoms with Crippen molar-refractivity contribution < 1.29 is 4.92 Å². The number of hydrogen-bond donors (Lipinski definition) is 1. The highest BCUT2D eigenvalue weighted by Crippen LogP contribution is 2.30. The lowest BCUT2D eigenvalue weighted by molar-refractivity contribution is -0.384. The number of nitro groups is 1. The van der Waals surface area contributed by atoms with Gasteiger partial charge in [-0.05, 0) is 24.3 Å². The Balaban J connectivity index is 1.28. The third kappa shape index (κ3) is 4.60. The van der Waals surface area contributed by atoms with Gasteiger partial charge in [0.15, 0.2) is 5.82 Å². The summed E-state index contributed by atoms with van der Waals surface area (Å²) in [5, 5.41) is 25.7. The fraction of sp³-hybridized carbons (Fsp3) is 0. The molecule has 0 bridgehead atoms. The number of anilines is 2. The Labute approximate surface area is 193 Å². The van der Waals surface area contributed by atoms with Crippen LogP contribution < -0.4 is 5.32 Å². The predicted octanol–water partition coefficient (Wildman–Crippen LogP) is 6.59. The number of hydrogen-bond acceptors (Lipinski definition) is 7. The largest absolute Gasteiger partial charge is 0.339 e. The summed E-state index contributed by atoms with van der Waals surface area (Å²) >= 11 is 1.62. The minimum atomic E-state index is -0.426. The second-order valence-corrected chi connectivity index (χ2v) is 8.08. The zero-order valence-corrected chi connectivity index (χ0v) is 18.1. The molecule has 7 nitrogen and oxygen atoms in total. The number of nitro benzene ring substituents is 1. The maximum absolute atomic E-state index is 11.0. The van der Waals surface area contributed by atoms with Crippen molar-refractivity contribution in [3.8, 4) is 33.1 Å². The summed E-state index contributed by atoms with van der Waals surface area (Å²) in [4.78, 5) is 15.3. The molecule has 5 rings (SSSR count). The van der Waals surface area contributed by atoms with Crippen LogP contribution in [0.1, 0.15) is 0 Å². The van der Waals surface area contributed by atoms with Crippen molar-refractivity contribution in [3.63, 3.8) is 0 Å². The van der Waals surface area contributed by atoms with Crippen LogP contribution in [0.4, 0.5) is 17.2 Å². The summed E-state index contributed by atoms with van der Waals surface area (Å²) in [7, 11) is 0. The fourth-order valence-corrected chi connectivity index (χ4v) is 4.16. The monoisotopic (exact) mass is 451 g/mol. The summed E-state index contributed by atoms with van der Waals surface area (Å²) in [6, 6.07) is 28.0. The van der Waals surface area contributed by atoms with E-state index in [0.717, 1.165) is 27.5 Å². The van der Waals surface area contributed by atoms with Gasteiger partial charge < -0.3 is 5.32 Å². The van der Waals surface area contributed by atoms with Crippen LogP contribution >= 0.6 is 11.3 Å². The summed E-state index contributed by atoms with van der Waals surface area (Å²) in [5.41, 5.74) is 5.18. The van der Waals surface area contributed by atoms with E-state index in [1.807, 2.05) is 42.5 Å². The molecule has 5 aromatic rings. The summed E-state index contributed by atoms with van der Waals surface area (Å²) in [6.45, 7) is 0. The van der Waals surface area contributed by atoms with E-state index >= 15 is 0 Å². The topological polar surface area (TPSA) is 93.8 Å². The van der Waals surface area contributed by atoms with Crippen LogP contribution in [-0.2, 0) is 0 Å². The molecule has 0 aliphatic rings. The molecular weight excluding hydrogens is 434 g/mol. The first-order chi connectivity index (χ1) is 16.2. The van der Waals surface area contributed by atoms with E-state index < -0.39 is 4.92 Å². The molecule has 3 aromatic carbocycles. The molecule has 160 valence electrons. The van der Waals surface area contributed by atoms with Crippen molar-refractivity contribution in [1.29, 1.82) is 0 Å². The zero-order valence-electron chi connectivity index (χ0n) is 17.3. The molecule has 0 saturated heterocycles. The third-order valence-corrected chi connectivity index (χ3v) is 5.89. The van der Waals surface area contributed by atoms with E-state index in [9.17, 15) is 10.1 Å². The number of nitrogens with zero attached hydrogens (tertiary/aromatic N) is 4. The van der Waals surface area contributed by atoms with Gasteiger partial charge in [-0.3, -0.25) is 10.1 Å². The van der Waals surface area contributed by atoms with E-state index in [1.54, 1.807) is 35.6 Å². The molecule has 0 aliphatic heterocycles. The molecule has 0 amide bonds. The second kappa shape index (κ2) is 8.97. The predicted molar refractivity (Wildman–Crippen MR) is 130 cm³/mol. The molecule has 0 unspecified atom stereocenters. The van der Waals surface area contributed by atoms with Crippen molar-refractivity contribution in [2.75, 3.05) is 5.32 Å². The van der Waals surface area contributed by atoms with Gasteiger partial charge in [0.1, 0.15) is 5.01 Å². The fourth-order valence-electron chi connectivity index (χ4n) is 3.32. The minimum absolute atomic E-state index is 0.0209. The molecule has 2 aromatic heterocycles. The van der Waals surface area contributed by atoms with Crippen molar-refractivity contribution in [1.82, 2.24) is 15.2 Å². The Morgan fingerprint density at radius 3 is 2.27 bits per heavy atom. The standard InChI is InChI=1S/C25H17N5O2S/c31-30(32)21-8-4-7-19(15-21)22-13-14-24(29-28-22)26-20-11-9-17(10-12-20)23-16-33-25(27-23)18-5-2-1-3-6-18/h1-16H,(H,26,29). The Hall–Kier alpha value is -4.43. The van der Waals surface area contributed by atoms with Crippen molar-refractivity contribution in [3.05, 3.63) is 106 Å². The summed E-state index contributed by atoms with van der Waals surface area (Å²) < 4.78 is 0. The van der Waals surface area contributed by atoms with Crippen molar-refractivity contribution in [2.45, 2.75) is 0 Å². The zero-order chi connectivity index (χ0) is 22.6. The molecule has 2 heterocycles. The van der Waals surface area contributed by atoms with Gasteiger partial charge in [0, 0.05) is 39.9 Å². The molecule has 8 heteroatoms. The molecule has 0 spiro atoms. The smallest absolute Gasteiger partial charge is 0.270 e. The Kier molecular flexibility index (Phi) is 5.57. The van der Waals surface area contributed by atoms with Crippen LogP contribution in [-0.4, -0.2) is 20.1 Å². The molecular formula is C25H17N5O2S. The van der Waals surface area contributed by atoms with Crippen molar-refractivity contribution in [2.24, 2.45) is 0 Å². The van der Waals surface area contributed by atoms with E-state index in [1.165, 1.54) is 12.1 Å². The molecule has 33 heavy (non-hydrogen) atoms. The number of nitrogens with one attached hydrogen (secondary N) is 1. The van der Waals surface area contributed by atoms with E-state index in [-0.39, 0.29) is 5.69 Å². The second-order valence-electron chi connectivity index (χ2n) is 7.22. The van der Waals surface area contributed by atoms with Crippen LogP contribution in [0, 0.1) is 10.1 Å². The lowest BCUT2D eigenvalue weighted by Crippen LogP contribution is -1.97. The van der Waals surface area contributed by atoms with Gasteiger partial charge in [-0.15, -0.1) is 21.5 Å². The first-order valence-corrected chi connectivity index (χ1v) is 11.0. The van der Waals surface area contributed by atoms with Crippen LogP contribution in [0.5, 0.6) is 0 Å². The van der Waals surface area contributed by atoms with Gasteiger partial charge in [-0.25, -0.2) is 4.98 Å². The summed E-state index contributed by atoms with van der Waals surface area (Å²) in [6.07, 6.45) is 0. The molecule has 1 N–H and O–H groups in total. The number of thiazole rings is 1. The number of rotatable bonds is 6. The Morgan fingerprint density at radius 2 is 1.55 bits per heavy atom. The Bertz CT molecular complexity index is 1400. The van der Waals surface area contributed by atoms with Gasteiger partial charge in [-0.2, -0.15) is 0 Å². The van der Waals surface area contributed by atoms with Crippen LogP contribution in [0.25, 0.3) is 33.1 Å². The summed E-state index contributed by atoms with van der Waals surface area (Å²) in [5.74, 6) is 0.581. The number of aromatic nitrogens is 3. The first kappa shape index (κ1) is 20.5. The van der Waals surface area contributed by atoms with Gasteiger partial charge in [0.25, 0.3) is 5.69 Å². The van der Waals surface area contributed by atoms with Gasteiger partial charge in [0.05, 0.1) is 16.3 Å². The van der Waals surface area contributed by atoms with Gasteiger partial charge >= 0.3 is 0 Å². The average molecular weight is 452 g/mol.